The molecule has 390 valence electrons. The summed E-state index contributed by atoms with van der Waals surface area (Å²) in [6, 6.07) is 0. The third kappa shape index (κ3) is 54.0. The van der Waals surface area contributed by atoms with Gasteiger partial charge in [0.05, 0.1) is 0 Å². The number of carbonyl (C=O) groups excluding carboxylic acids is 3. The normalized spacial score (nSPS) is 13.4. The van der Waals surface area contributed by atoms with Crippen molar-refractivity contribution in [3.63, 3.8) is 0 Å². The maximum Gasteiger partial charge on any atom is 0.306 e. The third-order valence-electron chi connectivity index (χ3n) is 11.1. The van der Waals surface area contributed by atoms with Gasteiger partial charge in [-0.3, -0.25) is 14.4 Å². The molecule has 0 bridgehead atoms. The molecule has 0 N–H and O–H groups in total. The Hall–Kier alpha value is -4.97. The largest absolute Gasteiger partial charge is 0.462 e. The number of allylic oxidation sites excluding steroid dienone is 26. The molecule has 0 radical (unpaired) electrons. The van der Waals surface area contributed by atoms with Gasteiger partial charge in [0.2, 0.25) is 0 Å². The van der Waals surface area contributed by atoms with E-state index in [1.54, 1.807) is 0 Å². The van der Waals surface area contributed by atoms with E-state index in [1.165, 1.54) is 44.9 Å². The van der Waals surface area contributed by atoms with Crippen LogP contribution in [0, 0.1) is 0 Å². The third-order valence-corrected chi connectivity index (χ3v) is 11.1. The summed E-state index contributed by atoms with van der Waals surface area (Å²) >= 11 is 0. The van der Waals surface area contributed by atoms with Crippen LogP contribution in [0.1, 0.15) is 207 Å². The predicted molar refractivity (Wildman–Crippen MR) is 302 cm³/mol. The minimum atomic E-state index is -0.824. The van der Waals surface area contributed by atoms with Gasteiger partial charge < -0.3 is 14.2 Å². The van der Waals surface area contributed by atoms with Gasteiger partial charge in [0.15, 0.2) is 6.10 Å². The summed E-state index contributed by atoms with van der Waals surface area (Å²) in [5, 5.41) is 0. The zero-order chi connectivity index (χ0) is 50.7. The molecule has 1 atom stereocenters. The van der Waals surface area contributed by atoms with Crippen LogP contribution in [0.15, 0.2) is 158 Å². The quantitative estimate of drug-likeness (QED) is 0.0262. The monoisotopic (exact) mass is 963 g/mol. The highest BCUT2D eigenvalue weighted by Crippen LogP contribution is 2.13. The molecule has 0 aromatic carbocycles. The highest BCUT2D eigenvalue weighted by molar-refractivity contribution is 5.71. The molecule has 70 heavy (non-hydrogen) atoms. The van der Waals surface area contributed by atoms with Crippen LogP contribution in [-0.4, -0.2) is 37.2 Å². The first-order valence-electron chi connectivity index (χ1n) is 27.7. The molecule has 0 aromatic heterocycles. The Morgan fingerprint density at radius 2 is 0.557 bits per heavy atom. The second kappa shape index (κ2) is 56.6. The molecule has 0 amide bonds. The molecule has 6 nitrogen and oxygen atoms in total. The fraction of sp³-hybridized carbons (Fsp3) is 0.547. The number of rotatable bonds is 47. The standard InChI is InChI=1S/C64H98O6/c1-4-7-10-13-16-19-22-25-28-30-32-34-36-39-42-45-48-51-54-57-63(66)69-60-61(59-68-62(65)56-53-50-47-44-41-38-35-27-24-21-18-15-12-9-6-3)70-64(67)58-55-52-49-46-43-40-37-33-31-29-26-23-20-17-14-11-8-5-2/h7,9-10,12-13,15-16,18-19,21-22,24-25,27-37,39,42,61H,4-6,8,11,14,17,20,23,26,38,40-41,43-60H2,1-3H3/b10-7-,12-9-,16-13-,18-15-,22-19-,24-21-,28-25-,31-29-,32-30+,35-27-,36-34-,37-33-,42-39-. The van der Waals surface area contributed by atoms with E-state index >= 15 is 0 Å². The van der Waals surface area contributed by atoms with Crippen molar-refractivity contribution in [2.45, 2.75) is 213 Å². The van der Waals surface area contributed by atoms with Gasteiger partial charge in [-0.15, -0.1) is 0 Å². The molecule has 0 aliphatic heterocycles. The van der Waals surface area contributed by atoms with Gasteiger partial charge in [-0.25, -0.2) is 0 Å². The van der Waals surface area contributed by atoms with Crippen LogP contribution in [0.4, 0.5) is 0 Å². The van der Waals surface area contributed by atoms with E-state index < -0.39 is 6.10 Å². The SMILES string of the molecule is CC\C=C/C=C\C=C/C=C\C=C\C=C/C=C\CCCCCC(=O)OCC(COC(=O)CCCCCCC\C=C/C=C\C=C/C=C\CC)OC(=O)CCCCCCC/C=C\C=C/CCCCCCCCC. The van der Waals surface area contributed by atoms with Crippen LogP contribution >= 0.6 is 0 Å². The van der Waals surface area contributed by atoms with Crippen LogP contribution in [0.2, 0.25) is 0 Å². The van der Waals surface area contributed by atoms with Crippen LogP contribution < -0.4 is 0 Å². The number of ether oxygens (including phenoxy) is 3. The van der Waals surface area contributed by atoms with Crippen molar-refractivity contribution >= 4 is 17.9 Å². The van der Waals surface area contributed by atoms with Gasteiger partial charge in [0, 0.05) is 19.3 Å². The molecule has 0 fully saturated rings. The molecular weight excluding hydrogens is 865 g/mol. The summed E-state index contributed by atoms with van der Waals surface area (Å²) < 4.78 is 16.8. The van der Waals surface area contributed by atoms with Crippen LogP contribution in [0.3, 0.4) is 0 Å². The first-order chi connectivity index (χ1) is 34.5. The predicted octanol–water partition coefficient (Wildman–Crippen LogP) is 18.6. The lowest BCUT2D eigenvalue weighted by Crippen LogP contribution is -2.30. The summed E-state index contributed by atoms with van der Waals surface area (Å²) in [5.74, 6) is -1.01. The summed E-state index contributed by atoms with van der Waals surface area (Å²) in [4.78, 5) is 38.1. The lowest BCUT2D eigenvalue weighted by atomic mass is 10.1. The average Bonchev–Trinajstić information content (AvgIpc) is 3.36. The van der Waals surface area contributed by atoms with Crippen molar-refractivity contribution in [3.05, 3.63) is 158 Å². The topological polar surface area (TPSA) is 78.9 Å². The van der Waals surface area contributed by atoms with E-state index in [0.717, 1.165) is 116 Å². The zero-order valence-electron chi connectivity index (χ0n) is 44.5. The van der Waals surface area contributed by atoms with Crippen molar-refractivity contribution in [2.75, 3.05) is 13.2 Å². The number of esters is 3. The van der Waals surface area contributed by atoms with E-state index in [-0.39, 0.29) is 44.0 Å². The average molecular weight is 963 g/mol. The van der Waals surface area contributed by atoms with E-state index in [0.29, 0.717) is 12.8 Å². The molecule has 0 heterocycles. The second-order valence-corrected chi connectivity index (χ2v) is 17.7. The van der Waals surface area contributed by atoms with Crippen LogP contribution in [0.25, 0.3) is 0 Å². The van der Waals surface area contributed by atoms with Crippen molar-refractivity contribution in [1.29, 1.82) is 0 Å². The number of hydrogen-bond acceptors (Lipinski definition) is 6. The summed E-state index contributed by atoms with van der Waals surface area (Å²) in [5.41, 5.74) is 0. The lowest BCUT2D eigenvalue weighted by Gasteiger charge is -2.18. The van der Waals surface area contributed by atoms with Gasteiger partial charge >= 0.3 is 17.9 Å². The Morgan fingerprint density at radius 1 is 0.300 bits per heavy atom. The maximum atomic E-state index is 12.9. The molecule has 0 aromatic rings. The number of hydrogen-bond donors (Lipinski definition) is 0. The Kier molecular flexibility index (Phi) is 52.6. The minimum Gasteiger partial charge on any atom is -0.462 e. The van der Waals surface area contributed by atoms with E-state index in [4.69, 9.17) is 14.2 Å². The molecule has 1 unspecified atom stereocenters. The van der Waals surface area contributed by atoms with E-state index in [9.17, 15) is 14.4 Å². The van der Waals surface area contributed by atoms with Gasteiger partial charge in [0.1, 0.15) is 13.2 Å². The molecule has 0 aliphatic carbocycles. The molecule has 0 aliphatic rings. The van der Waals surface area contributed by atoms with E-state index in [2.05, 4.69) is 81.5 Å². The van der Waals surface area contributed by atoms with Crippen molar-refractivity contribution in [2.24, 2.45) is 0 Å². The first kappa shape index (κ1) is 65.0. The van der Waals surface area contributed by atoms with Gasteiger partial charge in [0.25, 0.3) is 0 Å². The Bertz CT molecular complexity index is 1620. The van der Waals surface area contributed by atoms with Crippen LogP contribution in [0.5, 0.6) is 0 Å². The van der Waals surface area contributed by atoms with Gasteiger partial charge in [-0.2, -0.15) is 0 Å². The van der Waals surface area contributed by atoms with Crippen molar-refractivity contribution in [1.82, 2.24) is 0 Å². The van der Waals surface area contributed by atoms with Crippen molar-refractivity contribution in [3.8, 4) is 0 Å². The fourth-order valence-electron chi connectivity index (χ4n) is 6.95. The summed E-state index contributed by atoms with van der Waals surface area (Å²) in [7, 11) is 0. The highest BCUT2D eigenvalue weighted by atomic mass is 16.6. The van der Waals surface area contributed by atoms with Crippen LogP contribution in [-0.2, 0) is 28.6 Å². The fourth-order valence-corrected chi connectivity index (χ4v) is 6.95. The number of carbonyl (C=O) groups is 3. The summed E-state index contributed by atoms with van der Waals surface area (Å²) in [6.45, 7) is 6.26. The first-order valence-corrected chi connectivity index (χ1v) is 27.7. The zero-order valence-corrected chi connectivity index (χ0v) is 44.5. The van der Waals surface area contributed by atoms with Gasteiger partial charge in [-0.1, -0.05) is 262 Å². The summed E-state index contributed by atoms with van der Waals surface area (Å²) in [6.07, 6.45) is 82.2. The molecule has 0 saturated carbocycles. The molecule has 0 spiro atoms. The highest BCUT2D eigenvalue weighted by Gasteiger charge is 2.19. The Labute approximate surface area is 429 Å². The Balaban J connectivity index is 4.60. The second-order valence-electron chi connectivity index (χ2n) is 17.7. The molecule has 6 heteroatoms. The molecular formula is C64H98O6. The maximum absolute atomic E-state index is 12.9. The molecule has 0 saturated heterocycles. The van der Waals surface area contributed by atoms with E-state index in [1.807, 2.05) is 97.2 Å². The van der Waals surface area contributed by atoms with Gasteiger partial charge in [-0.05, 0) is 83.5 Å². The number of unbranched alkanes of at least 4 members (excludes halogenated alkanes) is 20. The van der Waals surface area contributed by atoms with Crippen molar-refractivity contribution < 1.29 is 28.6 Å². The Morgan fingerprint density at radius 3 is 0.900 bits per heavy atom. The molecule has 0 rings (SSSR count). The smallest absolute Gasteiger partial charge is 0.306 e. The minimum absolute atomic E-state index is 0.119. The lowest BCUT2D eigenvalue weighted by molar-refractivity contribution is -0.167.